The average molecular weight is 580 g/mol. The van der Waals surface area contributed by atoms with Gasteiger partial charge in [0.25, 0.3) is 0 Å². The first-order valence-corrected chi connectivity index (χ1v) is 12.5. The summed E-state index contributed by atoms with van der Waals surface area (Å²) < 4.78 is 21.7. The summed E-state index contributed by atoms with van der Waals surface area (Å²) in [6.07, 6.45) is -14.5. The molecule has 15 nitrogen and oxygen atoms in total. The number of carbonyl (C=O) groups is 2. The Kier molecular flexibility index (Phi) is 7.66. The molecule has 3 aliphatic rings. The lowest BCUT2D eigenvalue weighted by Gasteiger charge is -2.41. The molecule has 0 amide bonds. The topological polar surface area (TPSA) is 253 Å². The fraction of sp³-hybridized carbons (Fsp3) is 0.462. The van der Waals surface area contributed by atoms with Crippen LogP contribution in [-0.4, -0.2) is 126 Å². The van der Waals surface area contributed by atoms with Crippen LogP contribution < -0.4 is 4.74 Å². The third kappa shape index (κ3) is 4.80. The molecule has 0 aromatic heterocycles. The minimum atomic E-state index is -1.86. The Balaban J connectivity index is 1.39. The third-order valence-electron chi connectivity index (χ3n) is 7.40. The number of aromatic hydroxyl groups is 3. The highest BCUT2D eigenvalue weighted by Crippen LogP contribution is 2.44. The van der Waals surface area contributed by atoms with Crippen LogP contribution in [0, 0.1) is 6.92 Å². The molecule has 1 aliphatic carbocycles. The molecule has 15 heteroatoms. The van der Waals surface area contributed by atoms with Gasteiger partial charge in [-0.15, -0.1) is 0 Å². The van der Waals surface area contributed by atoms with Gasteiger partial charge in [0.2, 0.25) is 6.29 Å². The maximum atomic E-state index is 13.2. The van der Waals surface area contributed by atoms with Crippen molar-refractivity contribution in [1.82, 2.24) is 0 Å². The van der Waals surface area contributed by atoms with E-state index < -0.39 is 96.3 Å². The van der Waals surface area contributed by atoms with Crippen molar-refractivity contribution in [3.05, 3.63) is 46.0 Å². The Morgan fingerprint density at radius 2 is 1.44 bits per heavy atom. The van der Waals surface area contributed by atoms with Gasteiger partial charge in [-0.05, 0) is 25.1 Å². The summed E-state index contributed by atoms with van der Waals surface area (Å²) in [5.74, 6) is -4.07. The Labute approximate surface area is 231 Å². The maximum absolute atomic E-state index is 13.2. The minimum absolute atomic E-state index is 0.0492. The predicted molar refractivity (Wildman–Crippen MR) is 131 cm³/mol. The van der Waals surface area contributed by atoms with Gasteiger partial charge < -0.3 is 64.9 Å². The van der Waals surface area contributed by atoms with Crippen molar-refractivity contribution in [3.63, 3.8) is 0 Å². The van der Waals surface area contributed by atoms with Crippen LogP contribution in [0.5, 0.6) is 23.0 Å². The molecule has 41 heavy (non-hydrogen) atoms. The Morgan fingerprint density at radius 1 is 0.805 bits per heavy atom. The van der Waals surface area contributed by atoms with E-state index in [4.69, 9.17) is 18.9 Å². The average Bonchev–Trinajstić information content (AvgIpc) is 2.94. The summed E-state index contributed by atoms with van der Waals surface area (Å²) in [6.45, 7) is 0.444. The van der Waals surface area contributed by atoms with Gasteiger partial charge in [0.15, 0.2) is 29.4 Å². The van der Waals surface area contributed by atoms with Crippen molar-refractivity contribution in [2.75, 3.05) is 13.2 Å². The number of aliphatic hydroxyl groups excluding tert-OH is 6. The fourth-order valence-electron chi connectivity index (χ4n) is 4.94. The first-order chi connectivity index (χ1) is 19.3. The molecule has 0 bridgehead atoms. The van der Waals surface area contributed by atoms with Gasteiger partial charge in [-0.25, -0.2) is 0 Å². The second kappa shape index (κ2) is 10.8. The number of carbonyl (C=O) groups excluding carboxylic acids is 2. The van der Waals surface area contributed by atoms with E-state index in [1.165, 1.54) is 6.92 Å². The number of phenolic OH excluding ortho intramolecular Hbond substituents is 3. The lowest BCUT2D eigenvalue weighted by Crippen LogP contribution is -2.61. The molecular weight excluding hydrogens is 552 g/mol. The molecule has 2 aromatic rings. The van der Waals surface area contributed by atoms with E-state index in [0.29, 0.717) is 0 Å². The highest BCUT2D eigenvalue weighted by atomic mass is 16.7. The summed E-state index contributed by atoms with van der Waals surface area (Å²) in [4.78, 5) is 26.3. The molecule has 9 atom stereocenters. The largest absolute Gasteiger partial charge is 0.507 e. The van der Waals surface area contributed by atoms with E-state index in [9.17, 15) is 55.5 Å². The normalized spacial score (nSPS) is 33.3. The van der Waals surface area contributed by atoms with E-state index in [1.54, 1.807) is 0 Å². The number of hydrogen-bond acceptors (Lipinski definition) is 15. The van der Waals surface area contributed by atoms with Crippen LogP contribution >= 0.6 is 0 Å². The van der Waals surface area contributed by atoms with Crippen molar-refractivity contribution in [1.29, 1.82) is 0 Å². The zero-order valence-corrected chi connectivity index (χ0v) is 21.3. The molecule has 2 aliphatic heterocycles. The van der Waals surface area contributed by atoms with E-state index >= 15 is 0 Å². The van der Waals surface area contributed by atoms with E-state index in [2.05, 4.69) is 0 Å². The zero-order valence-electron chi connectivity index (χ0n) is 21.3. The number of ketones is 2. The van der Waals surface area contributed by atoms with Crippen molar-refractivity contribution in [2.24, 2.45) is 0 Å². The smallest absolute Gasteiger partial charge is 0.229 e. The monoisotopic (exact) mass is 580 g/mol. The van der Waals surface area contributed by atoms with Crippen LogP contribution in [0.3, 0.4) is 0 Å². The van der Waals surface area contributed by atoms with Gasteiger partial charge in [-0.1, -0.05) is 0 Å². The van der Waals surface area contributed by atoms with E-state index in [0.717, 1.165) is 18.2 Å². The van der Waals surface area contributed by atoms with Gasteiger partial charge in [-0.3, -0.25) is 9.59 Å². The number of aliphatic hydroxyl groups is 6. The van der Waals surface area contributed by atoms with Crippen LogP contribution in [0.25, 0.3) is 0 Å². The first kappa shape index (κ1) is 29.1. The molecule has 2 aromatic carbocycles. The molecule has 2 heterocycles. The maximum Gasteiger partial charge on any atom is 0.229 e. The summed E-state index contributed by atoms with van der Waals surface area (Å²) in [6, 6.07) is 3.23. The lowest BCUT2D eigenvalue weighted by molar-refractivity contribution is -0.307. The highest BCUT2D eigenvalue weighted by Gasteiger charge is 2.47. The lowest BCUT2D eigenvalue weighted by atomic mass is 9.82. The molecule has 5 rings (SSSR count). The Hall–Kier alpha value is -3.38. The van der Waals surface area contributed by atoms with Crippen LogP contribution in [0.1, 0.15) is 37.4 Å². The third-order valence-corrected chi connectivity index (χ3v) is 7.40. The van der Waals surface area contributed by atoms with Crippen molar-refractivity contribution < 1.29 is 74.5 Å². The molecule has 9 unspecified atom stereocenters. The standard InChI is InChI=1S/C26H28O15/c1-7-12(4-9-15(16(7)29)17(30)8-2-3-10(27)19(32)14(8)18(9)31)40-26-24(37)22(35)21(34)13(41-26)6-39-25-23(36)20(33)11(28)5-38-25/h2-4,11,13,20-29,32-37H,5-6H2,1H3. The number of fused-ring (bicyclic) bond motifs is 2. The molecule has 0 saturated carbocycles. The molecule has 0 radical (unpaired) electrons. The molecule has 2 saturated heterocycles. The summed E-state index contributed by atoms with van der Waals surface area (Å²) in [5, 5.41) is 91.7. The number of benzene rings is 2. The molecule has 2 fully saturated rings. The van der Waals surface area contributed by atoms with Gasteiger partial charge in [0.05, 0.1) is 24.3 Å². The Morgan fingerprint density at radius 3 is 2.15 bits per heavy atom. The van der Waals surface area contributed by atoms with E-state index in [1.807, 2.05) is 0 Å². The van der Waals surface area contributed by atoms with Gasteiger partial charge in [0, 0.05) is 16.7 Å². The second-order valence-electron chi connectivity index (χ2n) is 10.0. The van der Waals surface area contributed by atoms with Crippen LogP contribution in [0.4, 0.5) is 0 Å². The molecular formula is C26H28O15. The van der Waals surface area contributed by atoms with Crippen LogP contribution in [0.2, 0.25) is 0 Å². The Bertz CT molecular complexity index is 1380. The SMILES string of the molecule is Cc1c(OC2OC(COC3OCC(O)C(O)C3O)C(O)C(O)C2O)cc2c(c1O)C(=O)c1ccc(O)c(O)c1C2=O. The molecule has 0 spiro atoms. The molecule has 9 N–H and O–H groups in total. The van der Waals surface area contributed by atoms with Crippen LogP contribution in [-0.2, 0) is 14.2 Å². The van der Waals surface area contributed by atoms with Crippen LogP contribution in [0.15, 0.2) is 18.2 Å². The fourth-order valence-corrected chi connectivity index (χ4v) is 4.94. The number of hydrogen-bond donors (Lipinski definition) is 9. The summed E-state index contributed by atoms with van der Waals surface area (Å²) >= 11 is 0. The van der Waals surface area contributed by atoms with Crippen molar-refractivity contribution in [2.45, 2.75) is 62.2 Å². The number of phenols is 3. The molecule has 222 valence electrons. The minimum Gasteiger partial charge on any atom is -0.507 e. The summed E-state index contributed by atoms with van der Waals surface area (Å²) in [5.41, 5.74) is -1.52. The van der Waals surface area contributed by atoms with Crippen molar-refractivity contribution >= 4 is 11.6 Å². The second-order valence-corrected chi connectivity index (χ2v) is 10.0. The predicted octanol–water partition coefficient (Wildman–Crippen LogP) is -2.47. The number of rotatable bonds is 5. The summed E-state index contributed by atoms with van der Waals surface area (Å²) in [7, 11) is 0. The zero-order chi connectivity index (χ0) is 29.9. The van der Waals surface area contributed by atoms with Gasteiger partial charge in [0.1, 0.15) is 54.2 Å². The van der Waals surface area contributed by atoms with Gasteiger partial charge >= 0.3 is 0 Å². The first-order valence-electron chi connectivity index (χ1n) is 12.5. The highest BCUT2D eigenvalue weighted by molar-refractivity contribution is 6.30. The number of ether oxygens (including phenoxy) is 4. The van der Waals surface area contributed by atoms with Crippen molar-refractivity contribution in [3.8, 4) is 23.0 Å². The van der Waals surface area contributed by atoms with Gasteiger partial charge in [-0.2, -0.15) is 0 Å². The quantitative estimate of drug-likeness (QED) is 0.142. The van der Waals surface area contributed by atoms with E-state index in [-0.39, 0.29) is 34.6 Å².